The number of hydrogen-bond acceptors (Lipinski definition) is 4. The highest BCUT2D eigenvalue weighted by Gasteiger charge is 2.23. The molecule has 1 amide bonds. The minimum Gasteiger partial charge on any atom is -0.449 e. The first-order valence-electron chi connectivity index (χ1n) is 8.64. The second-order valence-electron chi connectivity index (χ2n) is 6.19. The molecule has 2 aromatic carbocycles. The predicted molar refractivity (Wildman–Crippen MR) is 103 cm³/mol. The third kappa shape index (κ3) is 4.61. The Morgan fingerprint density at radius 2 is 1.70 bits per heavy atom. The average Bonchev–Trinajstić information content (AvgIpc) is 3.17. The summed E-state index contributed by atoms with van der Waals surface area (Å²) in [5.41, 5.74) is 2.13. The van der Waals surface area contributed by atoms with Crippen LogP contribution in [-0.4, -0.2) is 34.8 Å². The number of aromatic nitrogens is 2. The van der Waals surface area contributed by atoms with Gasteiger partial charge in [0.15, 0.2) is 6.10 Å². The molecule has 0 aliphatic heterocycles. The van der Waals surface area contributed by atoms with Crippen LogP contribution in [0.4, 0.5) is 5.69 Å². The lowest BCUT2D eigenvalue weighted by Crippen LogP contribution is -2.37. The van der Waals surface area contributed by atoms with Crippen LogP contribution in [0.15, 0.2) is 73.1 Å². The fraction of sp³-hybridized carbons (Fsp3) is 0.190. The number of carbonyl (C=O) groups excluding carboxylic acids is 2. The van der Waals surface area contributed by atoms with Gasteiger partial charge in [0.1, 0.15) is 0 Å². The predicted octanol–water partition coefficient (Wildman–Crippen LogP) is 3.14. The zero-order valence-electron chi connectivity index (χ0n) is 15.3. The van der Waals surface area contributed by atoms with E-state index in [2.05, 4.69) is 5.10 Å². The largest absolute Gasteiger partial charge is 0.449 e. The molecule has 0 aliphatic rings. The summed E-state index contributed by atoms with van der Waals surface area (Å²) in [6.45, 7) is 2.12. The van der Waals surface area contributed by atoms with Gasteiger partial charge in [0.25, 0.3) is 5.91 Å². The molecule has 0 spiro atoms. The number of benzene rings is 2. The van der Waals surface area contributed by atoms with Crippen LogP contribution < -0.4 is 4.90 Å². The molecule has 27 heavy (non-hydrogen) atoms. The zero-order chi connectivity index (χ0) is 19.2. The molecule has 6 heteroatoms. The van der Waals surface area contributed by atoms with Gasteiger partial charge in [-0.25, -0.2) is 4.79 Å². The number of para-hydroxylation sites is 1. The van der Waals surface area contributed by atoms with E-state index in [-0.39, 0.29) is 5.91 Å². The Labute approximate surface area is 158 Å². The number of anilines is 1. The lowest BCUT2D eigenvalue weighted by atomic mass is 10.2. The molecule has 6 nitrogen and oxygen atoms in total. The summed E-state index contributed by atoms with van der Waals surface area (Å²) in [5.74, 6) is -0.872. The van der Waals surface area contributed by atoms with Gasteiger partial charge in [-0.3, -0.25) is 9.48 Å². The second kappa shape index (κ2) is 8.31. The number of hydrogen-bond donors (Lipinski definition) is 0. The van der Waals surface area contributed by atoms with Gasteiger partial charge >= 0.3 is 5.97 Å². The lowest BCUT2D eigenvalue weighted by molar-refractivity contribution is -0.126. The molecule has 0 fully saturated rings. The normalized spacial score (nSPS) is 11.6. The van der Waals surface area contributed by atoms with Crippen molar-refractivity contribution in [3.8, 4) is 0 Å². The monoisotopic (exact) mass is 363 g/mol. The molecular weight excluding hydrogens is 342 g/mol. The zero-order valence-corrected chi connectivity index (χ0v) is 15.3. The van der Waals surface area contributed by atoms with Crippen molar-refractivity contribution in [3.63, 3.8) is 0 Å². The number of rotatable bonds is 6. The highest BCUT2D eigenvalue weighted by Crippen LogP contribution is 2.14. The van der Waals surface area contributed by atoms with Gasteiger partial charge < -0.3 is 9.64 Å². The third-order valence-corrected chi connectivity index (χ3v) is 4.16. The van der Waals surface area contributed by atoms with E-state index in [9.17, 15) is 9.59 Å². The van der Waals surface area contributed by atoms with Crippen LogP contribution in [0.1, 0.15) is 22.8 Å². The molecule has 3 aromatic rings. The first kappa shape index (κ1) is 18.4. The van der Waals surface area contributed by atoms with E-state index >= 15 is 0 Å². The van der Waals surface area contributed by atoms with E-state index in [0.717, 1.165) is 11.3 Å². The Bertz CT molecular complexity index is 907. The van der Waals surface area contributed by atoms with Crippen molar-refractivity contribution in [2.24, 2.45) is 0 Å². The summed E-state index contributed by atoms with van der Waals surface area (Å²) < 4.78 is 6.98. The van der Waals surface area contributed by atoms with E-state index in [1.54, 1.807) is 24.9 Å². The van der Waals surface area contributed by atoms with Crippen LogP contribution in [0, 0.1) is 0 Å². The quantitative estimate of drug-likeness (QED) is 0.631. The maximum atomic E-state index is 12.5. The molecule has 0 radical (unpaired) electrons. The third-order valence-electron chi connectivity index (χ3n) is 4.16. The van der Waals surface area contributed by atoms with Crippen LogP contribution in [0.2, 0.25) is 0 Å². The molecule has 1 atom stereocenters. The van der Waals surface area contributed by atoms with Crippen LogP contribution in [0.3, 0.4) is 0 Å². The van der Waals surface area contributed by atoms with Gasteiger partial charge in [-0.15, -0.1) is 0 Å². The summed E-state index contributed by atoms with van der Waals surface area (Å²) in [4.78, 5) is 26.3. The van der Waals surface area contributed by atoms with Crippen molar-refractivity contribution in [2.75, 3.05) is 11.9 Å². The van der Waals surface area contributed by atoms with E-state index in [1.165, 1.54) is 11.1 Å². The summed E-state index contributed by atoms with van der Waals surface area (Å²) in [6.07, 6.45) is 2.16. The van der Waals surface area contributed by atoms with Crippen LogP contribution in [0.5, 0.6) is 0 Å². The molecule has 1 aromatic heterocycles. The highest BCUT2D eigenvalue weighted by molar-refractivity contribution is 5.98. The Kier molecular flexibility index (Phi) is 5.66. The average molecular weight is 363 g/mol. The number of amides is 1. The lowest BCUT2D eigenvalue weighted by Gasteiger charge is -2.21. The van der Waals surface area contributed by atoms with E-state index in [4.69, 9.17) is 4.74 Å². The standard InChI is InChI=1S/C21H21N3O3/c1-16(20(25)23(2)19-11-7-4-8-12-19)27-21(26)18-13-22-24(15-18)14-17-9-5-3-6-10-17/h3-13,15-16H,14H2,1-2H3. The minimum atomic E-state index is -0.903. The topological polar surface area (TPSA) is 64.4 Å². The molecular formula is C21H21N3O3. The molecule has 1 heterocycles. The molecule has 3 rings (SSSR count). The Balaban J connectivity index is 1.60. The Morgan fingerprint density at radius 1 is 1.07 bits per heavy atom. The summed E-state index contributed by atoms with van der Waals surface area (Å²) in [7, 11) is 1.65. The minimum absolute atomic E-state index is 0.300. The van der Waals surface area contributed by atoms with Gasteiger partial charge in [0.05, 0.1) is 18.3 Å². The molecule has 0 bridgehead atoms. The summed E-state index contributed by atoms with van der Waals surface area (Å²) >= 11 is 0. The molecule has 0 saturated carbocycles. The Morgan fingerprint density at radius 3 is 2.37 bits per heavy atom. The van der Waals surface area contributed by atoms with Gasteiger partial charge in [0, 0.05) is 18.9 Å². The van der Waals surface area contributed by atoms with Crippen molar-refractivity contribution >= 4 is 17.6 Å². The number of carbonyl (C=O) groups is 2. The molecule has 1 unspecified atom stereocenters. The maximum Gasteiger partial charge on any atom is 0.342 e. The maximum absolute atomic E-state index is 12.5. The number of esters is 1. The van der Waals surface area contributed by atoms with Crippen LogP contribution >= 0.6 is 0 Å². The SMILES string of the molecule is CC(OC(=O)c1cnn(Cc2ccccc2)c1)C(=O)N(C)c1ccccc1. The van der Waals surface area contributed by atoms with Crippen molar-refractivity contribution in [1.82, 2.24) is 9.78 Å². The molecule has 138 valence electrons. The van der Waals surface area contributed by atoms with E-state index < -0.39 is 12.1 Å². The van der Waals surface area contributed by atoms with E-state index in [0.29, 0.717) is 12.1 Å². The van der Waals surface area contributed by atoms with Gasteiger partial charge in [-0.2, -0.15) is 5.10 Å². The van der Waals surface area contributed by atoms with Crippen LogP contribution in [-0.2, 0) is 16.1 Å². The molecule has 0 saturated heterocycles. The highest BCUT2D eigenvalue weighted by atomic mass is 16.5. The summed E-state index contributed by atoms with van der Waals surface area (Å²) in [6, 6.07) is 19.0. The van der Waals surface area contributed by atoms with Gasteiger partial charge in [-0.05, 0) is 24.6 Å². The van der Waals surface area contributed by atoms with Crippen molar-refractivity contribution in [3.05, 3.63) is 84.2 Å². The molecule has 0 N–H and O–H groups in total. The van der Waals surface area contributed by atoms with Crippen molar-refractivity contribution in [1.29, 1.82) is 0 Å². The Hall–Kier alpha value is -3.41. The fourth-order valence-corrected chi connectivity index (χ4v) is 2.66. The van der Waals surface area contributed by atoms with Crippen molar-refractivity contribution in [2.45, 2.75) is 19.6 Å². The fourth-order valence-electron chi connectivity index (χ4n) is 2.66. The first-order valence-corrected chi connectivity index (χ1v) is 8.64. The smallest absolute Gasteiger partial charge is 0.342 e. The van der Waals surface area contributed by atoms with Gasteiger partial charge in [-0.1, -0.05) is 48.5 Å². The number of nitrogens with zero attached hydrogens (tertiary/aromatic N) is 3. The number of likely N-dealkylation sites (N-methyl/N-ethyl adjacent to an activating group) is 1. The second-order valence-corrected chi connectivity index (χ2v) is 6.19. The molecule has 0 aliphatic carbocycles. The van der Waals surface area contributed by atoms with Gasteiger partial charge in [0.2, 0.25) is 0 Å². The summed E-state index contributed by atoms with van der Waals surface area (Å²) in [5, 5.41) is 4.19. The number of ether oxygens (including phenoxy) is 1. The first-order chi connectivity index (χ1) is 13.0. The van der Waals surface area contributed by atoms with Crippen molar-refractivity contribution < 1.29 is 14.3 Å². The van der Waals surface area contributed by atoms with Crippen LogP contribution in [0.25, 0.3) is 0 Å². The van der Waals surface area contributed by atoms with E-state index in [1.807, 2.05) is 60.7 Å².